The molecule has 0 unspecified atom stereocenters. The fourth-order valence-electron chi connectivity index (χ4n) is 1.56. The zero-order valence-electron chi connectivity index (χ0n) is 9.38. The minimum Gasteiger partial charge on any atom is -0.380 e. The average Bonchev–Trinajstić information content (AvgIpc) is 2.67. The number of aryl methyl sites for hydroxylation is 1. The molecule has 0 aliphatic carbocycles. The van der Waals surface area contributed by atoms with Crippen LogP contribution in [0.4, 0.5) is 5.69 Å². The lowest BCUT2D eigenvalue weighted by Gasteiger charge is -2.10. The van der Waals surface area contributed by atoms with Crippen LogP contribution < -0.4 is 5.32 Å². The van der Waals surface area contributed by atoms with Gasteiger partial charge in [-0.1, -0.05) is 22.0 Å². The maximum atomic E-state index is 3.54. The Hall–Kier alpha value is -0.800. The van der Waals surface area contributed by atoms with Crippen molar-refractivity contribution in [2.45, 2.75) is 20.4 Å². The highest BCUT2D eigenvalue weighted by molar-refractivity contribution is 9.10. The van der Waals surface area contributed by atoms with E-state index in [1.807, 2.05) is 0 Å². The molecule has 0 aliphatic rings. The Balaban J connectivity index is 2.11. The van der Waals surface area contributed by atoms with E-state index in [2.05, 4.69) is 64.7 Å². The molecule has 2 aromatic rings. The Labute approximate surface area is 109 Å². The van der Waals surface area contributed by atoms with E-state index in [4.69, 9.17) is 0 Å². The van der Waals surface area contributed by atoms with Crippen LogP contribution in [0.15, 0.2) is 34.1 Å². The second-order valence-electron chi connectivity index (χ2n) is 3.79. The van der Waals surface area contributed by atoms with Crippen molar-refractivity contribution in [1.82, 2.24) is 0 Å². The third kappa shape index (κ3) is 2.47. The molecule has 1 heterocycles. The van der Waals surface area contributed by atoms with Crippen molar-refractivity contribution in [3.63, 3.8) is 0 Å². The van der Waals surface area contributed by atoms with Gasteiger partial charge >= 0.3 is 0 Å². The van der Waals surface area contributed by atoms with Gasteiger partial charge in [0.1, 0.15) is 0 Å². The van der Waals surface area contributed by atoms with Crippen LogP contribution in [0.1, 0.15) is 16.0 Å². The number of hydrogen-bond acceptors (Lipinski definition) is 2. The molecule has 0 saturated heterocycles. The van der Waals surface area contributed by atoms with Crippen molar-refractivity contribution in [3.8, 4) is 0 Å². The van der Waals surface area contributed by atoms with E-state index >= 15 is 0 Å². The molecule has 16 heavy (non-hydrogen) atoms. The molecule has 1 nitrogen and oxygen atoms in total. The summed E-state index contributed by atoms with van der Waals surface area (Å²) in [6, 6.07) is 8.40. The van der Waals surface area contributed by atoms with Crippen LogP contribution in [-0.4, -0.2) is 0 Å². The average molecular weight is 296 g/mol. The number of halogens is 1. The Morgan fingerprint density at radius 2 is 2.06 bits per heavy atom. The van der Waals surface area contributed by atoms with Crippen LogP contribution in [-0.2, 0) is 6.54 Å². The molecule has 1 aromatic carbocycles. The van der Waals surface area contributed by atoms with Gasteiger partial charge in [-0.2, -0.15) is 0 Å². The molecule has 0 aliphatic heterocycles. The lowest BCUT2D eigenvalue weighted by molar-refractivity contribution is 1.15. The molecule has 1 N–H and O–H groups in total. The van der Waals surface area contributed by atoms with Crippen molar-refractivity contribution >= 4 is 33.0 Å². The largest absolute Gasteiger partial charge is 0.380 e. The summed E-state index contributed by atoms with van der Waals surface area (Å²) >= 11 is 5.35. The van der Waals surface area contributed by atoms with Crippen molar-refractivity contribution in [2.75, 3.05) is 5.32 Å². The summed E-state index contributed by atoms with van der Waals surface area (Å²) < 4.78 is 1.15. The van der Waals surface area contributed by atoms with Gasteiger partial charge in [-0.05, 0) is 48.6 Å². The first kappa shape index (κ1) is 11.7. The van der Waals surface area contributed by atoms with Crippen molar-refractivity contribution in [1.29, 1.82) is 0 Å². The van der Waals surface area contributed by atoms with Gasteiger partial charge in [-0.25, -0.2) is 0 Å². The number of nitrogens with one attached hydrogen (secondary N) is 1. The summed E-state index contributed by atoms with van der Waals surface area (Å²) in [6.07, 6.45) is 0. The fraction of sp³-hybridized carbons (Fsp3) is 0.231. The number of rotatable bonds is 3. The summed E-state index contributed by atoms with van der Waals surface area (Å²) in [5, 5.41) is 5.62. The third-order valence-corrected chi connectivity index (χ3v) is 4.56. The van der Waals surface area contributed by atoms with E-state index in [9.17, 15) is 0 Å². The van der Waals surface area contributed by atoms with Crippen LogP contribution in [0.25, 0.3) is 0 Å². The molecule has 1 aromatic heterocycles. The predicted octanol–water partition coefficient (Wildman–Crippen LogP) is 4.74. The van der Waals surface area contributed by atoms with Gasteiger partial charge in [-0.3, -0.25) is 0 Å². The maximum absolute atomic E-state index is 3.54. The molecular formula is C13H14BrNS. The number of thiophene rings is 1. The van der Waals surface area contributed by atoms with Crippen molar-refractivity contribution < 1.29 is 0 Å². The van der Waals surface area contributed by atoms with Gasteiger partial charge in [0.05, 0.1) is 0 Å². The summed E-state index contributed by atoms with van der Waals surface area (Å²) in [7, 11) is 0. The van der Waals surface area contributed by atoms with E-state index in [1.54, 1.807) is 11.3 Å². The van der Waals surface area contributed by atoms with Crippen LogP contribution >= 0.6 is 27.3 Å². The predicted molar refractivity (Wildman–Crippen MR) is 75.3 cm³/mol. The highest BCUT2D eigenvalue weighted by atomic mass is 79.9. The van der Waals surface area contributed by atoms with E-state index in [-0.39, 0.29) is 0 Å². The molecule has 2 rings (SSSR count). The van der Waals surface area contributed by atoms with Gasteiger partial charge in [0.2, 0.25) is 0 Å². The molecule has 0 atom stereocenters. The second kappa shape index (κ2) is 5.02. The maximum Gasteiger partial charge on any atom is 0.0496 e. The van der Waals surface area contributed by atoms with Gasteiger partial charge < -0.3 is 5.32 Å². The Kier molecular flexibility index (Phi) is 3.66. The van der Waals surface area contributed by atoms with Gasteiger partial charge in [0.25, 0.3) is 0 Å². The third-order valence-electron chi connectivity index (χ3n) is 2.68. The summed E-state index contributed by atoms with van der Waals surface area (Å²) in [5.74, 6) is 0. The highest BCUT2D eigenvalue weighted by Crippen LogP contribution is 2.25. The van der Waals surface area contributed by atoms with E-state index in [1.165, 1.54) is 21.7 Å². The normalized spacial score (nSPS) is 10.4. The Bertz CT molecular complexity index is 490. The van der Waals surface area contributed by atoms with Crippen LogP contribution in [0.2, 0.25) is 0 Å². The number of hydrogen-bond donors (Lipinski definition) is 1. The highest BCUT2D eigenvalue weighted by Gasteiger charge is 2.03. The summed E-state index contributed by atoms with van der Waals surface area (Å²) in [4.78, 5) is 1.40. The molecular weight excluding hydrogens is 282 g/mol. The molecule has 0 amide bonds. The van der Waals surface area contributed by atoms with Gasteiger partial charge in [0.15, 0.2) is 0 Å². The molecule has 0 bridgehead atoms. The number of anilines is 1. The van der Waals surface area contributed by atoms with E-state index < -0.39 is 0 Å². The quantitative estimate of drug-likeness (QED) is 0.862. The van der Waals surface area contributed by atoms with E-state index in [0.717, 1.165) is 11.0 Å². The minimum atomic E-state index is 0.904. The standard InChI is InChI=1S/C13H14BrNS/c1-9-6-7-16-13(9)8-15-12-5-3-4-11(14)10(12)2/h3-7,15H,8H2,1-2H3. The lowest BCUT2D eigenvalue weighted by Crippen LogP contribution is -2.00. The first-order valence-corrected chi connectivity index (χ1v) is 6.87. The molecule has 0 spiro atoms. The SMILES string of the molecule is Cc1ccsc1CNc1cccc(Br)c1C. The lowest BCUT2D eigenvalue weighted by atomic mass is 10.2. The zero-order chi connectivity index (χ0) is 11.5. The van der Waals surface area contributed by atoms with Crippen LogP contribution in [0.3, 0.4) is 0 Å². The minimum absolute atomic E-state index is 0.904. The molecule has 84 valence electrons. The van der Waals surface area contributed by atoms with Crippen LogP contribution in [0, 0.1) is 13.8 Å². The molecule has 0 saturated carbocycles. The van der Waals surface area contributed by atoms with Crippen molar-refractivity contribution in [2.24, 2.45) is 0 Å². The number of benzene rings is 1. The summed E-state index contributed by atoms with van der Waals surface area (Å²) in [5.41, 5.74) is 3.82. The molecule has 3 heteroatoms. The van der Waals surface area contributed by atoms with E-state index in [0.29, 0.717) is 0 Å². The topological polar surface area (TPSA) is 12.0 Å². The van der Waals surface area contributed by atoms with Gasteiger partial charge in [-0.15, -0.1) is 11.3 Å². The molecule has 0 fully saturated rings. The molecule has 0 radical (unpaired) electrons. The second-order valence-corrected chi connectivity index (χ2v) is 5.65. The smallest absolute Gasteiger partial charge is 0.0496 e. The first-order chi connectivity index (χ1) is 7.68. The fourth-order valence-corrected chi connectivity index (χ4v) is 2.77. The van der Waals surface area contributed by atoms with Gasteiger partial charge in [0, 0.05) is 21.6 Å². The summed E-state index contributed by atoms with van der Waals surface area (Å²) in [6.45, 7) is 5.18. The Morgan fingerprint density at radius 1 is 1.25 bits per heavy atom. The Morgan fingerprint density at radius 3 is 2.75 bits per heavy atom. The first-order valence-electron chi connectivity index (χ1n) is 5.20. The zero-order valence-corrected chi connectivity index (χ0v) is 11.8. The monoisotopic (exact) mass is 295 g/mol. The van der Waals surface area contributed by atoms with Crippen molar-refractivity contribution in [3.05, 3.63) is 50.1 Å². The van der Waals surface area contributed by atoms with Crippen LogP contribution in [0.5, 0.6) is 0 Å².